The van der Waals surface area contributed by atoms with E-state index in [9.17, 15) is 4.79 Å². The standard InChI is InChI=1S/C15H18N6O2S/c22-13-8-11(10-20-3-5-23-6-4-20)17-15-18-14(19-21(13)15)16-9-12-2-1-7-24-12/h1-2,7-8H,3-6,9-10H2,(H2,16,17,18,19). The van der Waals surface area contributed by atoms with E-state index in [1.165, 1.54) is 9.39 Å². The number of nitrogens with zero attached hydrogens (tertiary/aromatic N) is 4. The Bertz CT molecular complexity index is 866. The number of aromatic nitrogens is 4. The molecule has 4 heterocycles. The Labute approximate surface area is 142 Å². The first-order valence-electron chi connectivity index (χ1n) is 7.83. The average molecular weight is 346 g/mol. The van der Waals surface area contributed by atoms with E-state index in [1.54, 1.807) is 17.4 Å². The minimum Gasteiger partial charge on any atom is -0.379 e. The van der Waals surface area contributed by atoms with E-state index < -0.39 is 0 Å². The number of H-pyrrole nitrogens is 1. The van der Waals surface area contributed by atoms with Crippen LogP contribution in [0.4, 0.5) is 5.95 Å². The summed E-state index contributed by atoms with van der Waals surface area (Å²) in [5.74, 6) is 0.927. The van der Waals surface area contributed by atoms with Gasteiger partial charge in [0.1, 0.15) is 0 Å². The van der Waals surface area contributed by atoms with Crippen molar-refractivity contribution in [2.75, 3.05) is 31.6 Å². The second-order valence-corrected chi connectivity index (χ2v) is 6.65. The van der Waals surface area contributed by atoms with Crippen LogP contribution in [0, 0.1) is 0 Å². The molecule has 24 heavy (non-hydrogen) atoms. The lowest BCUT2D eigenvalue weighted by atomic mass is 10.3. The largest absolute Gasteiger partial charge is 0.379 e. The van der Waals surface area contributed by atoms with Gasteiger partial charge in [-0.2, -0.15) is 9.50 Å². The fraction of sp³-hybridized carbons (Fsp3) is 0.400. The van der Waals surface area contributed by atoms with Crippen molar-refractivity contribution in [3.63, 3.8) is 0 Å². The van der Waals surface area contributed by atoms with Gasteiger partial charge in [0.2, 0.25) is 5.95 Å². The fourth-order valence-corrected chi connectivity index (χ4v) is 3.30. The zero-order valence-corrected chi connectivity index (χ0v) is 13.9. The van der Waals surface area contributed by atoms with Gasteiger partial charge in [0.05, 0.1) is 25.5 Å². The van der Waals surface area contributed by atoms with Gasteiger partial charge < -0.3 is 10.1 Å². The topological polar surface area (TPSA) is 87.6 Å². The molecule has 126 valence electrons. The summed E-state index contributed by atoms with van der Waals surface area (Å²) in [4.78, 5) is 24.6. The molecule has 0 unspecified atom stereocenters. The minimum atomic E-state index is -0.153. The number of nitrogens with one attached hydrogen (secondary N) is 2. The van der Waals surface area contributed by atoms with E-state index in [1.807, 2.05) is 17.5 Å². The number of fused-ring (bicyclic) bond motifs is 1. The normalized spacial score (nSPS) is 15.8. The SMILES string of the molecule is O=c1cc(CN2CCOCC2)nc2nc(NCc3cccs3)[nH]n12. The van der Waals surface area contributed by atoms with Crippen LogP contribution < -0.4 is 10.9 Å². The molecule has 0 bridgehead atoms. The Morgan fingerprint density at radius 1 is 1.33 bits per heavy atom. The lowest BCUT2D eigenvalue weighted by Crippen LogP contribution is -2.36. The zero-order chi connectivity index (χ0) is 16.4. The van der Waals surface area contributed by atoms with Crippen LogP contribution in [0.5, 0.6) is 0 Å². The van der Waals surface area contributed by atoms with Crippen molar-refractivity contribution in [3.05, 3.63) is 44.5 Å². The molecule has 3 aromatic heterocycles. The maximum atomic E-state index is 12.3. The van der Waals surface area contributed by atoms with Gasteiger partial charge in [0, 0.05) is 30.6 Å². The first-order valence-corrected chi connectivity index (χ1v) is 8.71. The van der Waals surface area contributed by atoms with E-state index in [0.717, 1.165) is 32.0 Å². The van der Waals surface area contributed by atoms with Crippen molar-refractivity contribution in [1.82, 2.24) is 24.5 Å². The van der Waals surface area contributed by atoms with Crippen molar-refractivity contribution in [3.8, 4) is 0 Å². The second kappa shape index (κ2) is 6.71. The van der Waals surface area contributed by atoms with Gasteiger partial charge in [-0.15, -0.1) is 11.3 Å². The number of aromatic amines is 1. The molecule has 1 fully saturated rings. The Morgan fingerprint density at radius 2 is 2.21 bits per heavy atom. The molecule has 0 saturated carbocycles. The van der Waals surface area contributed by atoms with E-state index in [0.29, 0.717) is 24.8 Å². The predicted molar refractivity (Wildman–Crippen MR) is 91.3 cm³/mol. The highest BCUT2D eigenvalue weighted by Crippen LogP contribution is 2.11. The molecular weight excluding hydrogens is 328 g/mol. The van der Waals surface area contributed by atoms with Gasteiger partial charge in [-0.1, -0.05) is 6.07 Å². The van der Waals surface area contributed by atoms with Crippen molar-refractivity contribution in [1.29, 1.82) is 0 Å². The van der Waals surface area contributed by atoms with E-state index in [2.05, 4.69) is 25.3 Å². The van der Waals surface area contributed by atoms with Gasteiger partial charge in [-0.3, -0.25) is 14.8 Å². The molecule has 2 N–H and O–H groups in total. The van der Waals surface area contributed by atoms with Crippen LogP contribution in [0.1, 0.15) is 10.6 Å². The fourth-order valence-electron chi connectivity index (χ4n) is 2.66. The molecule has 1 saturated heterocycles. The molecular formula is C15H18N6O2S. The van der Waals surface area contributed by atoms with Crippen molar-refractivity contribution >= 4 is 23.1 Å². The average Bonchev–Trinajstić information content (AvgIpc) is 3.23. The summed E-state index contributed by atoms with van der Waals surface area (Å²) in [5, 5.41) is 8.16. The number of hydrogen-bond donors (Lipinski definition) is 2. The highest BCUT2D eigenvalue weighted by atomic mass is 32.1. The summed E-state index contributed by atoms with van der Waals surface area (Å²) in [6.07, 6.45) is 0. The molecule has 0 radical (unpaired) electrons. The number of rotatable bonds is 5. The third kappa shape index (κ3) is 3.32. The summed E-state index contributed by atoms with van der Waals surface area (Å²) in [6.45, 7) is 4.46. The van der Waals surface area contributed by atoms with Crippen molar-refractivity contribution in [2.45, 2.75) is 13.1 Å². The second-order valence-electron chi connectivity index (χ2n) is 5.61. The lowest BCUT2D eigenvalue weighted by molar-refractivity contribution is 0.0336. The maximum absolute atomic E-state index is 12.3. The zero-order valence-electron chi connectivity index (χ0n) is 13.1. The molecule has 1 aliphatic rings. The highest BCUT2D eigenvalue weighted by molar-refractivity contribution is 7.09. The first-order chi connectivity index (χ1) is 11.8. The van der Waals surface area contributed by atoms with Crippen molar-refractivity contribution < 1.29 is 4.74 Å². The van der Waals surface area contributed by atoms with Gasteiger partial charge in [-0.05, 0) is 11.4 Å². The summed E-state index contributed by atoms with van der Waals surface area (Å²) >= 11 is 1.67. The van der Waals surface area contributed by atoms with Crippen LogP contribution in [-0.2, 0) is 17.8 Å². The summed E-state index contributed by atoms with van der Waals surface area (Å²) in [5.41, 5.74) is 0.582. The van der Waals surface area contributed by atoms with E-state index >= 15 is 0 Å². The Morgan fingerprint density at radius 3 is 3.00 bits per heavy atom. The highest BCUT2D eigenvalue weighted by Gasteiger charge is 2.14. The van der Waals surface area contributed by atoms with Gasteiger partial charge in [0.15, 0.2) is 0 Å². The van der Waals surface area contributed by atoms with E-state index in [4.69, 9.17) is 4.74 Å². The Hall–Kier alpha value is -2.23. The van der Waals surface area contributed by atoms with Crippen molar-refractivity contribution in [2.24, 2.45) is 0 Å². The van der Waals surface area contributed by atoms with Crippen LogP contribution in [0.25, 0.3) is 5.78 Å². The number of hydrogen-bond acceptors (Lipinski definition) is 7. The smallest absolute Gasteiger partial charge is 0.274 e. The lowest BCUT2D eigenvalue weighted by Gasteiger charge is -2.25. The van der Waals surface area contributed by atoms with Gasteiger partial charge in [0.25, 0.3) is 11.3 Å². The van der Waals surface area contributed by atoms with Crippen LogP contribution in [0.15, 0.2) is 28.4 Å². The quantitative estimate of drug-likeness (QED) is 0.714. The van der Waals surface area contributed by atoms with Crippen LogP contribution in [0.2, 0.25) is 0 Å². The summed E-state index contributed by atoms with van der Waals surface area (Å²) in [7, 11) is 0. The van der Waals surface area contributed by atoms with E-state index in [-0.39, 0.29) is 5.56 Å². The molecule has 9 heteroatoms. The molecule has 1 aliphatic heterocycles. The molecule has 0 aromatic carbocycles. The molecule has 0 atom stereocenters. The van der Waals surface area contributed by atoms with Crippen LogP contribution in [-0.4, -0.2) is 50.8 Å². The number of morpholine rings is 1. The molecule has 4 rings (SSSR count). The predicted octanol–water partition coefficient (Wildman–Crippen LogP) is 0.923. The molecule has 0 spiro atoms. The molecule has 3 aromatic rings. The Kier molecular flexibility index (Phi) is 4.28. The van der Waals surface area contributed by atoms with Crippen LogP contribution in [0.3, 0.4) is 0 Å². The van der Waals surface area contributed by atoms with Gasteiger partial charge >= 0.3 is 0 Å². The third-order valence-corrected chi connectivity index (χ3v) is 4.76. The monoisotopic (exact) mass is 346 g/mol. The number of anilines is 1. The number of ether oxygens (including phenoxy) is 1. The third-order valence-electron chi connectivity index (χ3n) is 3.88. The summed E-state index contributed by atoms with van der Waals surface area (Å²) in [6, 6.07) is 5.61. The summed E-state index contributed by atoms with van der Waals surface area (Å²) < 4.78 is 6.70. The van der Waals surface area contributed by atoms with Crippen LogP contribution >= 0.6 is 11.3 Å². The first kappa shape index (κ1) is 15.3. The Balaban J connectivity index is 1.52. The molecule has 8 nitrogen and oxygen atoms in total. The van der Waals surface area contributed by atoms with Gasteiger partial charge in [-0.25, -0.2) is 4.98 Å². The maximum Gasteiger partial charge on any atom is 0.274 e. The molecule has 0 amide bonds. The molecule has 0 aliphatic carbocycles. The minimum absolute atomic E-state index is 0.153. The number of thiophene rings is 1.